The summed E-state index contributed by atoms with van der Waals surface area (Å²) in [5, 5.41) is 8.60. The first-order valence-corrected chi connectivity index (χ1v) is 13.5. The van der Waals surface area contributed by atoms with Crippen molar-refractivity contribution in [2.24, 2.45) is 0 Å². The maximum Gasteiger partial charge on any atom is 0.338 e. The van der Waals surface area contributed by atoms with Crippen LogP contribution in [-0.2, 0) is 16.1 Å². The number of hydrogen-bond acceptors (Lipinski definition) is 8. The molecule has 0 spiro atoms. The van der Waals surface area contributed by atoms with E-state index in [0.29, 0.717) is 47.1 Å². The number of allylic oxidation sites excluding steroid dienone is 1. The Balaban J connectivity index is 1.74. The number of aromatic nitrogens is 3. The minimum Gasteiger partial charge on any atom is -0.490 e. The first kappa shape index (κ1) is 26.6. The molecule has 8 nitrogen and oxygen atoms in total. The lowest BCUT2D eigenvalue weighted by Gasteiger charge is -2.29. The van der Waals surface area contributed by atoms with Gasteiger partial charge in [-0.25, -0.2) is 9.48 Å². The molecule has 2 aromatic carbocycles. The molecule has 37 heavy (non-hydrogen) atoms. The summed E-state index contributed by atoms with van der Waals surface area (Å²) in [6, 6.07) is 13.4. The molecule has 0 amide bonds. The van der Waals surface area contributed by atoms with Gasteiger partial charge < -0.3 is 19.5 Å². The van der Waals surface area contributed by atoms with Crippen molar-refractivity contribution in [1.29, 1.82) is 0 Å². The van der Waals surface area contributed by atoms with E-state index < -0.39 is 12.0 Å². The normalized spacial score (nSPS) is 14.8. The summed E-state index contributed by atoms with van der Waals surface area (Å²) in [5.74, 6) is 2.26. The number of hydrogen-bond donors (Lipinski definition) is 1. The van der Waals surface area contributed by atoms with Crippen LogP contribution in [0.3, 0.4) is 0 Å². The number of anilines is 1. The van der Waals surface area contributed by atoms with Crippen molar-refractivity contribution in [3.05, 3.63) is 70.4 Å². The second-order valence-corrected chi connectivity index (χ2v) is 10.3. The Bertz CT molecular complexity index is 1300. The molecular formula is C28H34N4O4S. The smallest absolute Gasteiger partial charge is 0.338 e. The molecule has 0 saturated heterocycles. The van der Waals surface area contributed by atoms with Crippen LogP contribution in [0.1, 0.15) is 57.4 Å². The molecule has 1 aromatic heterocycles. The molecule has 1 atom stereocenters. The van der Waals surface area contributed by atoms with Crippen LogP contribution in [0.2, 0.25) is 0 Å². The minimum atomic E-state index is -0.536. The second kappa shape index (κ2) is 11.7. The van der Waals surface area contributed by atoms with Crippen LogP contribution in [0.4, 0.5) is 5.95 Å². The highest BCUT2D eigenvalue weighted by atomic mass is 32.2. The van der Waals surface area contributed by atoms with Crippen molar-refractivity contribution in [3.8, 4) is 11.5 Å². The molecule has 1 aliphatic heterocycles. The lowest BCUT2D eigenvalue weighted by molar-refractivity contribution is -0.143. The molecule has 1 N–H and O–H groups in total. The summed E-state index contributed by atoms with van der Waals surface area (Å²) < 4.78 is 19.5. The van der Waals surface area contributed by atoms with Gasteiger partial charge in [0.2, 0.25) is 11.1 Å². The molecule has 9 heteroatoms. The lowest BCUT2D eigenvalue weighted by Crippen LogP contribution is -2.30. The molecular weight excluding hydrogens is 488 g/mol. The predicted octanol–water partition coefficient (Wildman–Crippen LogP) is 5.92. The van der Waals surface area contributed by atoms with E-state index in [9.17, 15) is 4.79 Å². The average molecular weight is 523 g/mol. The third-order valence-corrected chi connectivity index (χ3v) is 6.45. The Morgan fingerprint density at radius 1 is 1.11 bits per heavy atom. The first-order chi connectivity index (χ1) is 17.8. The number of aryl methyl sites for hydroxylation is 1. The van der Waals surface area contributed by atoms with Crippen molar-refractivity contribution in [1.82, 2.24) is 14.8 Å². The molecule has 2 heterocycles. The van der Waals surface area contributed by atoms with Crippen molar-refractivity contribution in [3.63, 3.8) is 0 Å². The Morgan fingerprint density at radius 3 is 2.62 bits per heavy atom. The van der Waals surface area contributed by atoms with Crippen LogP contribution in [0.5, 0.6) is 11.5 Å². The van der Waals surface area contributed by atoms with E-state index in [1.165, 1.54) is 5.56 Å². The van der Waals surface area contributed by atoms with Crippen molar-refractivity contribution in [2.75, 3.05) is 17.7 Å². The zero-order valence-electron chi connectivity index (χ0n) is 22.2. The summed E-state index contributed by atoms with van der Waals surface area (Å²) >= 11 is 1.54. The third kappa shape index (κ3) is 6.10. The van der Waals surface area contributed by atoms with Crippen molar-refractivity contribution in [2.45, 2.75) is 65.5 Å². The number of fused-ring (bicyclic) bond motifs is 1. The maximum atomic E-state index is 13.3. The van der Waals surface area contributed by atoms with E-state index >= 15 is 0 Å². The summed E-state index contributed by atoms with van der Waals surface area (Å²) in [4.78, 5) is 17.9. The van der Waals surface area contributed by atoms with E-state index in [0.717, 1.165) is 16.9 Å². The fourth-order valence-corrected chi connectivity index (χ4v) is 4.77. The SMILES string of the molecule is CCOc1cc(C2C(C(=O)OC(C)C)=C(C)Nc3nc(SCC)nn32)ccc1OCc1cccc(C)c1. The summed E-state index contributed by atoms with van der Waals surface area (Å²) in [6.07, 6.45) is -0.256. The topological polar surface area (TPSA) is 87.5 Å². The number of benzene rings is 2. The maximum absolute atomic E-state index is 13.3. The van der Waals surface area contributed by atoms with Crippen LogP contribution < -0.4 is 14.8 Å². The van der Waals surface area contributed by atoms with Gasteiger partial charge in [-0.05, 0) is 63.6 Å². The van der Waals surface area contributed by atoms with Gasteiger partial charge in [0.25, 0.3) is 0 Å². The second-order valence-electron chi connectivity index (χ2n) is 9.03. The number of carbonyl (C=O) groups excluding carboxylic acids is 1. The minimum absolute atomic E-state index is 0.256. The van der Waals surface area contributed by atoms with Gasteiger partial charge >= 0.3 is 5.97 Å². The van der Waals surface area contributed by atoms with Gasteiger partial charge in [-0.3, -0.25) is 0 Å². The van der Waals surface area contributed by atoms with Gasteiger partial charge in [-0.15, -0.1) is 5.10 Å². The largest absolute Gasteiger partial charge is 0.490 e. The monoisotopic (exact) mass is 522 g/mol. The van der Waals surface area contributed by atoms with E-state index in [2.05, 4.69) is 29.4 Å². The number of rotatable bonds is 10. The highest BCUT2D eigenvalue weighted by molar-refractivity contribution is 7.99. The number of esters is 1. The Kier molecular flexibility index (Phi) is 8.43. The standard InChI is InChI=1S/C28H34N4O4S/c1-7-34-23-15-21(12-13-22(23)35-16-20-11-9-10-18(5)14-20)25-24(26(33)36-17(3)4)19(6)29-27-30-28(37-8-2)31-32(25)27/h9-15,17,25H,7-8,16H2,1-6H3,(H,29,30,31). The average Bonchev–Trinajstić information content (AvgIpc) is 3.24. The van der Waals surface area contributed by atoms with Crippen LogP contribution in [-0.4, -0.2) is 39.2 Å². The lowest BCUT2D eigenvalue weighted by atomic mass is 9.95. The molecule has 3 aromatic rings. The van der Waals surface area contributed by atoms with Crippen LogP contribution in [0.15, 0.2) is 58.9 Å². The zero-order valence-corrected chi connectivity index (χ0v) is 23.0. The van der Waals surface area contributed by atoms with Crippen molar-refractivity contribution >= 4 is 23.7 Å². The summed E-state index contributed by atoms with van der Waals surface area (Å²) in [5.41, 5.74) is 4.24. The molecule has 0 fully saturated rings. The predicted molar refractivity (Wildman–Crippen MR) is 145 cm³/mol. The molecule has 0 bridgehead atoms. The molecule has 1 aliphatic rings. The van der Waals surface area contributed by atoms with Gasteiger partial charge in [-0.1, -0.05) is 54.6 Å². The van der Waals surface area contributed by atoms with Crippen molar-refractivity contribution < 1.29 is 19.0 Å². The van der Waals surface area contributed by atoms with E-state index in [4.69, 9.17) is 19.3 Å². The first-order valence-electron chi connectivity index (χ1n) is 12.5. The molecule has 196 valence electrons. The van der Waals surface area contributed by atoms with Crippen LogP contribution >= 0.6 is 11.8 Å². The van der Waals surface area contributed by atoms with Gasteiger partial charge in [-0.2, -0.15) is 4.98 Å². The van der Waals surface area contributed by atoms with Gasteiger partial charge in [0.15, 0.2) is 11.5 Å². The highest BCUT2D eigenvalue weighted by Crippen LogP contribution is 2.40. The Hall–Kier alpha value is -3.46. The number of nitrogens with zero attached hydrogens (tertiary/aromatic N) is 3. The number of thioether (sulfide) groups is 1. The number of carbonyl (C=O) groups is 1. The number of nitrogens with one attached hydrogen (secondary N) is 1. The van der Waals surface area contributed by atoms with Gasteiger partial charge in [0.05, 0.1) is 18.3 Å². The summed E-state index contributed by atoms with van der Waals surface area (Å²) in [7, 11) is 0. The van der Waals surface area contributed by atoms with E-state index in [1.807, 2.05) is 65.0 Å². The van der Waals surface area contributed by atoms with E-state index in [1.54, 1.807) is 16.4 Å². The Labute approximate surface area is 222 Å². The molecule has 0 radical (unpaired) electrons. The van der Waals surface area contributed by atoms with E-state index in [-0.39, 0.29) is 6.10 Å². The third-order valence-electron chi connectivity index (χ3n) is 5.73. The highest BCUT2D eigenvalue weighted by Gasteiger charge is 2.36. The molecule has 4 rings (SSSR count). The van der Waals surface area contributed by atoms with Crippen LogP contribution in [0.25, 0.3) is 0 Å². The fraction of sp³-hybridized carbons (Fsp3) is 0.393. The molecule has 0 saturated carbocycles. The molecule has 1 unspecified atom stereocenters. The fourth-order valence-electron chi connectivity index (χ4n) is 4.22. The zero-order chi connectivity index (χ0) is 26.5. The summed E-state index contributed by atoms with van der Waals surface area (Å²) in [6.45, 7) is 12.5. The number of ether oxygens (including phenoxy) is 3. The van der Waals surface area contributed by atoms with Crippen LogP contribution in [0, 0.1) is 6.92 Å². The quantitative estimate of drug-likeness (QED) is 0.259. The van der Waals surface area contributed by atoms with Gasteiger partial charge in [0, 0.05) is 5.70 Å². The van der Waals surface area contributed by atoms with Gasteiger partial charge in [0.1, 0.15) is 12.6 Å². The molecule has 0 aliphatic carbocycles. The Morgan fingerprint density at radius 2 is 1.92 bits per heavy atom.